The predicted molar refractivity (Wildman–Crippen MR) is 52.2 cm³/mol. The van der Waals surface area contributed by atoms with E-state index < -0.39 is 0 Å². The first-order valence-corrected chi connectivity index (χ1v) is 4.56. The summed E-state index contributed by atoms with van der Waals surface area (Å²) in [6, 6.07) is 2.41. The molecule has 0 saturated carbocycles. The molecule has 0 N–H and O–H groups in total. The highest BCUT2D eigenvalue weighted by atomic mass is 15.4. The van der Waals surface area contributed by atoms with Gasteiger partial charge in [0.1, 0.15) is 0 Å². The first kappa shape index (κ1) is 10.7. The molecule has 1 rings (SSSR count). The molecule has 0 amide bonds. The summed E-state index contributed by atoms with van der Waals surface area (Å²) in [6.07, 6.45) is 2.42. The van der Waals surface area contributed by atoms with Crippen LogP contribution < -0.4 is 0 Å². The van der Waals surface area contributed by atoms with Crippen LogP contribution in [0.2, 0.25) is 0 Å². The maximum absolute atomic E-state index is 8.55. The number of hydrogen-bond donors (Lipinski definition) is 0. The van der Waals surface area contributed by atoms with Crippen molar-refractivity contribution in [1.29, 1.82) is 5.26 Å². The van der Waals surface area contributed by atoms with Crippen molar-refractivity contribution in [3.8, 4) is 6.07 Å². The minimum atomic E-state index is 0.252. The maximum atomic E-state index is 8.55. The second-order valence-electron chi connectivity index (χ2n) is 3.51. The first-order valence-electron chi connectivity index (χ1n) is 4.56. The van der Waals surface area contributed by atoms with Gasteiger partial charge in [-0.3, -0.25) is 9.58 Å². The van der Waals surface area contributed by atoms with Gasteiger partial charge in [0.05, 0.1) is 18.2 Å². The van der Waals surface area contributed by atoms with Gasteiger partial charge in [0.25, 0.3) is 0 Å². The minimum absolute atomic E-state index is 0.252. The van der Waals surface area contributed by atoms with Crippen LogP contribution in [0.4, 0.5) is 0 Å². The van der Waals surface area contributed by atoms with E-state index in [1.165, 1.54) is 0 Å². The van der Waals surface area contributed by atoms with E-state index in [-0.39, 0.29) is 6.04 Å². The fourth-order valence-electron chi connectivity index (χ4n) is 1.17. The smallest absolute Gasteiger partial charge is 0.0966 e. The largest absolute Gasteiger partial charge is 0.297 e. The molecule has 14 heavy (non-hydrogen) atoms. The lowest BCUT2D eigenvalue weighted by Gasteiger charge is -2.20. The average molecular weight is 193 g/mol. The molecule has 1 unspecified atom stereocenters. The summed E-state index contributed by atoms with van der Waals surface area (Å²) in [4.78, 5) is 2.09. The van der Waals surface area contributed by atoms with Crippen LogP contribution in [0.25, 0.3) is 0 Å². The fraction of sp³-hybridized carbons (Fsp3) is 0.667. The molecule has 0 saturated heterocycles. The highest BCUT2D eigenvalue weighted by molar-refractivity contribution is 4.92. The van der Waals surface area contributed by atoms with Crippen LogP contribution >= 0.6 is 0 Å². The fourth-order valence-corrected chi connectivity index (χ4v) is 1.17. The minimum Gasteiger partial charge on any atom is -0.297 e. The van der Waals surface area contributed by atoms with Gasteiger partial charge >= 0.3 is 0 Å². The van der Waals surface area contributed by atoms with Gasteiger partial charge in [0.15, 0.2) is 0 Å². The van der Waals surface area contributed by atoms with E-state index in [2.05, 4.69) is 21.3 Å². The molecule has 1 aromatic heterocycles. The van der Waals surface area contributed by atoms with E-state index in [1.807, 2.05) is 27.2 Å². The zero-order chi connectivity index (χ0) is 10.6. The SMILES string of the molecule is CC(CC#N)N(C)Cc1cn(C)nn1. The van der Waals surface area contributed by atoms with Gasteiger partial charge in [-0.05, 0) is 14.0 Å². The van der Waals surface area contributed by atoms with Gasteiger partial charge in [-0.2, -0.15) is 5.26 Å². The molecule has 0 aliphatic rings. The third kappa shape index (κ3) is 2.82. The van der Waals surface area contributed by atoms with Crippen LogP contribution in [-0.2, 0) is 13.6 Å². The zero-order valence-electron chi connectivity index (χ0n) is 8.80. The number of aryl methyl sites for hydroxylation is 1. The number of nitriles is 1. The van der Waals surface area contributed by atoms with Gasteiger partial charge in [-0.1, -0.05) is 5.21 Å². The van der Waals surface area contributed by atoms with Crippen LogP contribution in [0.15, 0.2) is 6.20 Å². The molecule has 1 heterocycles. The highest BCUT2D eigenvalue weighted by Crippen LogP contribution is 2.04. The summed E-state index contributed by atoms with van der Waals surface area (Å²) < 4.78 is 1.68. The lowest BCUT2D eigenvalue weighted by atomic mass is 10.2. The Labute approximate surface area is 83.9 Å². The normalized spacial score (nSPS) is 12.8. The molecule has 0 aliphatic heterocycles. The van der Waals surface area contributed by atoms with Crippen molar-refractivity contribution in [2.45, 2.75) is 25.9 Å². The van der Waals surface area contributed by atoms with Gasteiger partial charge in [0, 0.05) is 25.8 Å². The molecule has 5 nitrogen and oxygen atoms in total. The zero-order valence-corrected chi connectivity index (χ0v) is 8.80. The quantitative estimate of drug-likeness (QED) is 0.700. The van der Waals surface area contributed by atoms with Gasteiger partial charge in [0.2, 0.25) is 0 Å². The van der Waals surface area contributed by atoms with Crippen LogP contribution in [0.3, 0.4) is 0 Å². The van der Waals surface area contributed by atoms with Crippen LogP contribution in [0.5, 0.6) is 0 Å². The number of nitrogens with zero attached hydrogens (tertiary/aromatic N) is 5. The lowest BCUT2D eigenvalue weighted by Crippen LogP contribution is -2.28. The summed E-state index contributed by atoms with van der Waals surface area (Å²) in [6.45, 7) is 2.76. The number of hydrogen-bond acceptors (Lipinski definition) is 4. The van der Waals surface area contributed by atoms with Crippen molar-refractivity contribution in [3.63, 3.8) is 0 Å². The van der Waals surface area contributed by atoms with Crippen molar-refractivity contribution >= 4 is 0 Å². The Bertz CT molecular complexity index is 324. The number of rotatable bonds is 4. The van der Waals surface area contributed by atoms with Gasteiger partial charge in [-0.15, -0.1) is 5.10 Å². The summed E-state index contributed by atoms with van der Waals surface area (Å²) in [7, 11) is 3.83. The topological polar surface area (TPSA) is 57.7 Å². The van der Waals surface area contributed by atoms with E-state index >= 15 is 0 Å². The molecular formula is C9H15N5. The second kappa shape index (κ2) is 4.72. The van der Waals surface area contributed by atoms with Crippen LogP contribution in [0, 0.1) is 11.3 Å². The molecule has 0 fully saturated rings. The standard InChI is InChI=1S/C9H15N5/c1-8(4-5-10)13(2)6-9-7-14(3)12-11-9/h7-8H,4,6H2,1-3H3. The first-order chi connectivity index (χ1) is 6.63. The van der Waals surface area contributed by atoms with Crippen molar-refractivity contribution in [2.75, 3.05) is 7.05 Å². The lowest BCUT2D eigenvalue weighted by molar-refractivity contribution is 0.249. The van der Waals surface area contributed by atoms with Crippen LogP contribution in [0.1, 0.15) is 19.0 Å². The van der Waals surface area contributed by atoms with E-state index in [4.69, 9.17) is 5.26 Å². The van der Waals surface area contributed by atoms with E-state index in [1.54, 1.807) is 4.68 Å². The van der Waals surface area contributed by atoms with Gasteiger partial charge in [-0.25, -0.2) is 0 Å². The van der Waals surface area contributed by atoms with Crippen molar-refractivity contribution in [3.05, 3.63) is 11.9 Å². The van der Waals surface area contributed by atoms with Crippen molar-refractivity contribution < 1.29 is 0 Å². The Balaban J connectivity index is 2.49. The molecule has 1 aromatic rings. The molecule has 0 aliphatic carbocycles. The Hall–Kier alpha value is -1.41. The summed E-state index contributed by atoms with van der Waals surface area (Å²) >= 11 is 0. The number of aromatic nitrogens is 3. The van der Waals surface area contributed by atoms with E-state index in [0.717, 1.165) is 12.2 Å². The Morgan fingerprint density at radius 1 is 1.71 bits per heavy atom. The summed E-state index contributed by atoms with van der Waals surface area (Å²) in [5.41, 5.74) is 0.930. The Kier molecular flexibility index (Phi) is 3.60. The molecule has 0 aromatic carbocycles. The van der Waals surface area contributed by atoms with Crippen molar-refractivity contribution in [1.82, 2.24) is 19.9 Å². The van der Waals surface area contributed by atoms with Crippen molar-refractivity contribution in [2.24, 2.45) is 7.05 Å². The molecule has 76 valence electrons. The monoisotopic (exact) mass is 193 g/mol. The molecule has 5 heteroatoms. The Morgan fingerprint density at radius 2 is 2.43 bits per heavy atom. The molecule has 0 radical (unpaired) electrons. The summed E-state index contributed by atoms with van der Waals surface area (Å²) in [5.74, 6) is 0. The van der Waals surface area contributed by atoms with E-state index in [0.29, 0.717) is 6.42 Å². The highest BCUT2D eigenvalue weighted by Gasteiger charge is 2.10. The molecule has 1 atom stereocenters. The van der Waals surface area contributed by atoms with Crippen LogP contribution in [-0.4, -0.2) is 33.0 Å². The average Bonchev–Trinajstić information content (AvgIpc) is 2.51. The Morgan fingerprint density at radius 3 is 2.93 bits per heavy atom. The third-order valence-corrected chi connectivity index (χ3v) is 2.20. The predicted octanol–water partition coefficient (Wildman–Crippen LogP) is 0.549. The maximum Gasteiger partial charge on any atom is 0.0966 e. The van der Waals surface area contributed by atoms with Gasteiger partial charge < -0.3 is 0 Å². The summed E-state index contributed by atoms with van der Waals surface area (Å²) in [5, 5.41) is 16.4. The molecular weight excluding hydrogens is 178 g/mol. The second-order valence-corrected chi connectivity index (χ2v) is 3.51. The molecule has 0 bridgehead atoms. The van der Waals surface area contributed by atoms with E-state index in [9.17, 15) is 0 Å². The third-order valence-electron chi connectivity index (χ3n) is 2.20. The molecule has 0 spiro atoms.